The molecule has 0 aromatic heterocycles. The van der Waals surface area contributed by atoms with Gasteiger partial charge < -0.3 is 15.1 Å². The van der Waals surface area contributed by atoms with Crippen molar-refractivity contribution in [1.82, 2.24) is 4.90 Å². The van der Waals surface area contributed by atoms with Crippen molar-refractivity contribution in [3.05, 3.63) is 62.7 Å². The molecule has 2 amide bonds. The Hall–Kier alpha value is -3.13. The lowest BCUT2D eigenvalue weighted by molar-refractivity contribution is -0.384. The molecule has 0 saturated carbocycles. The third-order valence-corrected chi connectivity index (χ3v) is 5.95. The van der Waals surface area contributed by atoms with Gasteiger partial charge in [0, 0.05) is 49.7 Å². The maximum atomic E-state index is 13.2. The molecule has 0 spiro atoms. The first kappa shape index (κ1) is 23.5. The number of hydrogen-bond donors (Lipinski definition) is 1. The average Bonchev–Trinajstić information content (AvgIpc) is 2.80. The third kappa shape index (κ3) is 5.19. The number of carbonyl (C=O) groups excluding carboxylic acids is 2. The molecule has 1 saturated heterocycles. The highest BCUT2D eigenvalue weighted by molar-refractivity contribution is 6.34. The van der Waals surface area contributed by atoms with E-state index >= 15 is 0 Å². The van der Waals surface area contributed by atoms with E-state index < -0.39 is 10.8 Å². The molecule has 170 valence electrons. The van der Waals surface area contributed by atoms with Gasteiger partial charge in [0.2, 0.25) is 0 Å². The number of carbonyl (C=O) groups is 2. The number of piperidine rings is 1. The van der Waals surface area contributed by atoms with Crippen molar-refractivity contribution in [3.8, 4) is 0 Å². The second-order valence-electron chi connectivity index (χ2n) is 7.63. The largest absolute Gasteiger partial charge is 0.371 e. The fraction of sp³-hybridized carbons (Fsp3) is 0.391. The minimum absolute atomic E-state index is 0.0129. The standard InChI is InChI=1S/C23H27ClN4O4/c1-3-26(4-2)23(30)19-14-16(8-11-21(19)27-12-6-5-7-13-27)25-22(29)18-10-9-17(28(31)32)15-20(18)24/h8-11,14-15H,3-7,12-13H2,1-2H3,(H,25,29). The number of nitro groups is 1. The van der Waals surface area contributed by atoms with Crippen LogP contribution in [0, 0.1) is 10.1 Å². The van der Waals surface area contributed by atoms with Crippen molar-refractivity contribution >= 4 is 40.5 Å². The van der Waals surface area contributed by atoms with Gasteiger partial charge in [-0.15, -0.1) is 0 Å². The number of benzene rings is 2. The lowest BCUT2D eigenvalue weighted by Crippen LogP contribution is -2.35. The van der Waals surface area contributed by atoms with Crippen LogP contribution in [0.25, 0.3) is 0 Å². The SMILES string of the molecule is CCN(CC)C(=O)c1cc(NC(=O)c2ccc([N+](=O)[O-])cc2Cl)ccc1N1CCCCC1. The number of halogens is 1. The Balaban J connectivity index is 1.91. The van der Waals surface area contributed by atoms with Crippen molar-refractivity contribution in [2.24, 2.45) is 0 Å². The molecule has 0 unspecified atom stereocenters. The number of nitrogens with one attached hydrogen (secondary N) is 1. The first-order valence-corrected chi connectivity index (χ1v) is 11.2. The topological polar surface area (TPSA) is 95.8 Å². The Morgan fingerprint density at radius 3 is 2.34 bits per heavy atom. The highest BCUT2D eigenvalue weighted by Crippen LogP contribution is 2.29. The summed E-state index contributed by atoms with van der Waals surface area (Å²) in [6, 6.07) is 9.03. The highest BCUT2D eigenvalue weighted by atomic mass is 35.5. The molecule has 1 fully saturated rings. The van der Waals surface area contributed by atoms with Gasteiger partial charge >= 0.3 is 0 Å². The third-order valence-electron chi connectivity index (χ3n) is 5.64. The van der Waals surface area contributed by atoms with E-state index in [1.807, 2.05) is 19.9 Å². The maximum Gasteiger partial charge on any atom is 0.270 e. The fourth-order valence-corrected chi connectivity index (χ4v) is 4.14. The summed E-state index contributed by atoms with van der Waals surface area (Å²) in [7, 11) is 0. The van der Waals surface area contributed by atoms with Crippen LogP contribution in [-0.4, -0.2) is 47.8 Å². The van der Waals surface area contributed by atoms with Crippen molar-refractivity contribution in [1.29, 1.82) is 0 Å². The van der Waals surface area contributed by atoms with Gasteiger partial charge in [-0.05, 0) is 57.4 Å². The van der Waals surface area contributed by atoms with E-state index in [0.29, 0.717) is 24.3 Å². The minimum Gasteiger partial charge on any atom is -0.371 e. The van der Waals surface area contributed by atoms with Crippen LogP contribution in [-0.2, 0) is 0 Å². The van der Waals surface area contributed by atoms with Crippen LogP contribution in [0.3, 0.4) is 0 Å². The zero-order chi connectivity index (χ0) is 23.3. The summed E-state index contributed by atoms with van der Waals surface area (Å²) >= 11 is 6.09. The molecule has 0 atom stereocenters. The predicted molar refractivity (Wildman–Crippen MR) is 126 cm³/mol. The molecule has 32 heavy (non-hydrogen) atoms. The van der Waals surface area contributed by atoms with Crippen LogP contribution >= 0.6 is 11.6 Å². The molecule has 1 aliphatic heterocycles. The second kappa shape index (κ2) is 10.5. The van der Waals surface area contributed by atoms with Crippen LogP contribution in [0.4, 0.5) is 17.1 Å². The molecule has 0 radical (unpaired) electrons. The molecular weight excluding hydrogens is 432 g/mol. The number of anilines is 2. The Morgan fingerprint density at radius 1 is 1.06 bits per heavy atom. The van der Waals surface area contributed by atoms with Crippen LogP contribution < -0.4 is 10.2 Å². The van der Waals surface area contributed by atoms with E-state index in [-0.39, 0.29) is 22.2 Å². The zero-order valence-corrected chi connectivity index (χ0v) is 19.0. The van der Waals surface area contributed by atoms with Crippen molar-refractivity contribution in [2.75, 3.05) is 36.4 Å². The fourth-order valence-electron chi connectivity index (χ4n) is 3.88. The Labute approximate surface area is 192 Å². The smallest absolute Gasteiger partial charge is 0.270 e. The average molecular weight is 459 g/mol. The summed E-state index contributed by atoms with van der Waals surface area (Å²) in [5.41, 5.74) is 1.80. The minimum atomic E-state index is -0.571. The number of rotatable bonds is 7. The first-order chi connectivity index (χ1) is 15.3. The van der Waals surface area contributed by atoms with Crippen LogP contribution in [0.2, 0.25) is 5.02 Å². The molecule has 2 aromatic rings. The highest BCUT2D eigenvalue weighted by Gasteiger charge is 2.23. The van der Waals surface area contributed by atoms with E-state index in [2.05, 4.69) is 10.2 Å². The molecule has 0 bridgehead atoms. The number of nitro benzene ring substituents is 1. The molecule has 8 nitrogen and oxygen atoms in total. The Kier molecular flexibility index (Phi) is 7.69. The predicted octanol–water partition coefficient (Wildman–Crippen LogP) is 4.97. The van der Waals surface area contributed by atoms with Gasteiger partial charge in [-0.2, -0.15) is 0 Å². The van der Waals surface area contributed by atoms with E-state index in [0.717, 1.165) is 37.7 Å². The Morgan fingerprint density at radius 2 is 1.75 bits per heavy atom. The zero-order valence-electron chi connectivity index (χ0n) is 18.3. The molecule has 9 heteroatoms. The molecule has 0 aliphatic carbocycles. The summed E-state index contributed by atoms with van der Waals surface area (Å²) in [4.78, 5) is 40.3. The van der Waals surface area contributed by atoms with Gasteiger partial charge in [0.25, 0.3) is 17.5 Å². The normalized spacial score (nSPS) is 13.5. The number of hydrogen-bond acceptors (Lipinski definition) is 5. The van der Waals surface area contributed by atoms with Gasteiger partial charge in [-0.3, -0.25) is 19.7 Å². The quantitative estimate of drug-likeness (QED) is 0.466. The molecule has 1 N–H and O–H groups in total. The molecular formula is C23H27ClN4O4. The summed E-state index contributed by atoms with van der Waals surface area (Å²) in [6.07, 6.45) is 3.34. The molecule has 3 rings (SSSR count). The van der Waals surface area contributed by atoms with Gasteiger partial charge in [-0.25, -0.2) is 0 Å². The van der Waals surface area contributed by atoms with Crippen LogP contribution in [0.15, 0.2) is 36.4 Å². The molecule has 1 aliphatic rings. The lowest BCUT2D eigenvalue weighted by atomic mass is 10.0. The lowest BCUT2D eigenvalue weighted by Gasteiger charge is -2.31. The summed E-state index contributed by atoms with van der Waals surface area (Å²) in [6.45, 7) is 6.83. The van der Waals surface area contributed by atoms with Gasteiger partial charge in [0.1, 0.15) is 0 Å². The number of amides is 2. The first-order valence-electron chi connectivity index (χ1n) is 10.8. The van der Waals surface area contributed by atoms with E-state index in [1.165, 1.54) is 18.6 Å². The van der Waals surface area contributed by atoms with Crippen LogP contribution in [0.1, 0.15) is 53.8 Å². The summed E-state index contributed by atoms with van der Waals surface area (Å²) in [5, 5.41) is 13.7. The molecule has 1 heterocycles. The van der Waals surface area contributed by atoms with Crippen LogP contribution in [0.5, 0.6) is 0 Å². The van der Waals surface area contributed by atoms with Gasteiger partial charge in [-0.1, -0.05) is 11.6 Å². The van der Waals surface area contributed by atoms with Gasteiger partial charge in [0.15, 0.2) is 0 Å². The second-order valence-corrected chi connectivity index (χ2v) is 8.04. The molecule has 2 aromatic carbocycles. The number of non-ortho nitro benzene ring substituents is 1. The van der Waals surface area contributed by atoms with Crippen molar-refractivity contribution < 1.29 is 14.5 Å². The van der Waals surface area contributed by atoms with E-state index in [4.69, 9.17) is 11.6 Å². The van der Waals surface area contributed by atoms with Crippen molar-refractivity contribution in [2.45, 2.75) is 33.1 Å². The Bertz CT molecular complexity index is 1020. The van der Waals surface area contributed by atoms with E-state index in [1.54, 1.807) is 17.0 Å². The van der Waals surface area contributed by atoms with E-state index in [9.17, 15) is 19.7 Å². The number of nitrogens with zero attached hydrogens (tertiary/aromatic N) is 3. The monoisotopic (exact) mass is 458 g/mol. The van der Waals surface area contributed by atoms with Gasteiger partial charge in [0.05, 0.1) is 21.1 Å². The maximum absolute atomic E-state index is 13.2. The summed E-state index contributed by atoms with van der Waals surface area (Å²) < 4.78 is 0. The summed E-state index contributed by atoms with van der Waals surface area (Å²) in [5.74, 6) is -0.586. The van der Waals surface area contributed by atoms with Crippen molar-refractivity contribution in [3.63, 3.8) is 0 Å².